The Balaban J connectivity index is 2.30. The minimum absolute atomic E-state index is 0.163. The van der Waals surface area contributed by atoms with Crippen LogP contribution in [0.1, 0.15) is 30.5 Å². The van der Waals surface area contributed by atoms with E-state index in [2.05, 4.69) is 19.2 Å². The topological polar surface area (TPSA) is 94.1 Å². The first kappa shape index (κ1) is 24.6. The Bertz CT molecular complexity index is 990. The third-order valence-corrected chi connectivity index (χ3v) is 5.85. The third kappa shape index (κ3) is 6.90. The molecule has 8 heteroatoms. The van der Waals surface area contributed by atoms with Gasteiger partial charge in [0.15, 0.2) is 9.84 Å². The van der Waals surface area contributed by atoms with Crippen LogP contribution in [0.15, 0.2) is 35.7 Å². The number of methoxy groups -OCH3 is 3. The van der Waals surface area contributed by atoms with Gasteiger partial charge in [0.25, 0.3) is 0 Å². The lowest BCUT2D eigenvalue weighted by atomic mass is 10.1. The Hall–Kier alpha value is -2.71. The van der Waals surface area contributed by atoms with Gasteiger partial charge in [-0.05, 0) is 47.4 Å². The van der Waals surface area contributed by atoms with Crippen LogP contribution < -0.4 is 19.5 Å². The summed E-state index contributed by atoms with van der Waals surface area (Å²) >= 11 is 0. The summed E-state index contributed by atoms with van der Waals surface area (Å²) in [6, 6.07) is 8.58. The van der Waals surface area contributed by atoms with Crippen molar-refractivity contribution < 1.29 is 27.7 Å². The fourth-order valence-corrected chi connectivity index (χ4v) is 4.08. The quantitative estimate of drug-likeness (QED) is 0.538. The largest absolute Gasteiger partial charge is 0.496 e. The number of rotatable bonds is 11. The fraction of sp³-hybridized carbons (Fsp3) is 0.391. The van der Waals surface area contributed by atoms with E-state index in [-0.39, 0.29) is 12.4 Å². The predicted molar refractivity (Wildman–Crippen MR) is 123 cm³/mol. The van der Waals surface area contributed by atoms with Gasteiger partial charge in [0.2, 0.25) is 0 Å². The average Bonchev–Trinajstić information content (AvgIpc) is 2.75. The third-order valence-electron chi connectivity index (χ3n) is 4.56. The SMILES string of the molecule is COc1ccc(CS(=O)(=O)/C=C/c2c(OC)cc(CO)cc2OC)cc1NCC(C)C. The Morgan fingerprint density at radius 1 is 0.968 bits per heavy atom. The summed E-state index contributed by atoms with van der Waals surface area (Å²) in [6.45, 7) is 4.75. The molecule has 7 nitrogen and oxygen atoms in total. The second-order valence-corrected chi connectivity index (χ2v) is 9.38. The van der Waals surface area contributed by atoms with Crippen LogP contribution in [0.5, 0.6) is 17.2 Å². The molecule has 0 bridgehead atoms. The summed E-state index contributed by atoms with van der Waals surface area (Å²) in [7, 11) is 0.959. The lowest BCUT2D eigenvalue weighted by molar-refractivity contribution is 0.280. The molecule has 2 rings (SSSR count). The van der Waals surface area contributed by atoms with Gasteiger partial charge in [-0.25, -0.2) is 8.42 Å². The molecule has 0 unspecified atom stereocenters. The van der Waals surface area contributed by atoms with Gasteiger partial charge in [0.1, 0.15) is 17.2 Å². The molecule has 31 heavy (non-hydrogen) atoms. The molecule has 0 saturated carbocycles. The van der Waals surface area contributed by atoms with Crippen LogP contribution in [0.3, 0.4) is 0 Å². The summed E-state index contributed by atoms with van der Waals surface area (Å²) in [4.78, 5) is 0. The lowest BCUT2D eigenvalue weighted by Crippen LogP contribution is -2.09. The normalized spacial score (nSPS) is 11.7. The maximum atomic E-state index is 12.8. The summed E-state index contributed by atoms with van der Waals surface area (Å²) in [6.07, 6.45) is 1.45. The molecule has 0 radical (unpaired) electrons. The van der Waals surface area contributed by atoms with E-state index in [1.807, 2.05) is 0 Å². The number of aliphatic hydroxyl groups excluding tert-OH is 1. The van der Waals surface area contributed by atoms with E-state index in [1.54, 1.807) is 37.4 Å². The molecule has 0 amide bonds. The lowest BCUT2D eigenvalue weighted by Gasteiger charge is -2.14. The smallest absolute Gasteiger partial charge is 0.175 e. The van der Waals surface area contributed by atoms with Crippen molar-refractivity contribution in [2.75, 3.05) is 33.2 Å². The van der Waals surface area contributed by atoms with Gasteiger partial charge in [0.05, 0.1) is 44.9 Å². The first-order chi connectivity index (χ1) is 14.7. The molecule has 2 aromatic rings. The van der Waals surface area contributed by atoms with Crippen LogP contribution >= 0.6 is 0 Å². The number of sulfone groups is 1. The van der Waals surface area contributed by atoms with E-state index >= 15 is 0 Å². The number of aliphatic hydroxyl groups is 1. The Kier molecular flexibility index (Phi) is 8.76. The molecule has 0 aliphatic carbocycles. The molecular weight excluding hydrogens is 418 g/mol. The number of anilines is 1. The van der Waals surface area contributed by atoms with Gasteiger partial charge in [-0.2, -0.15) is 0 Å². The highest BCUT2D eigenvalue weighted by Gasteiger charge is 2.14. The maximum Gasteiger partial charge on any atom is 0.175 e. The molecule has 0 spiro atoms. The number of ether oxygens (including phenoxy) is 3. The molecule has 0 fully saturated rings. The summed E-state index contributed by atoms with van der Waals surface area (Å²) in [5.41, 5.74) is 2.50. The first-order valence-electron chi connectivity index (χ1n) is 9.90. The summed E-state index contributed by atoms with van der Waals surface area (Å²) in [5, 5.41) is 13.8. The Labute approximate surface area is 184 Å². The van der Waals surface area contributed by atoms with E-state index in [9.17, 15) is 13.5 Å². The molecule has 0 aromatic heterocycles. The Morgan fingerprint density at radius 2 is 1.58 bits per heavy atom. The van der Waals surface area contributed by atoms with E-state index < -0.39 is 9.84 Å². The van der Waals surface area contributed by atoms with Crippen molar-refractivity contribution in [3.05, 3.63) is 52.4 Å². The zero-order valence-electron chi connectivity index (χ0n) is 18.6. The number of benzene rings is 2. The summed E-state index contributed by atoms with van der Waals surface area (Å²) < 4.78 is 41.6. The van der Waals surface area contributed by atoms with Crippen LogP contribution in [-0.2, 0) is 22.2 Å². The summed E-state index contributed by atoms with van der Waals surface area (Å²) in [5.74, 6) is 1.76. The highest BCUT2D eigenvalue weighted by atomic mass is 32.2. The molecule has 0 atom stereocenters. The van der Waals surface area contributed by atoms with Crippen molar-refractivity contribution in [3.63, 3.8) is 0 Å². The highest BCUT2D eigenvalue weighted by Crippen LogP contribution is 2.32. The first-order valence-corrected chi connectivity index (χ1v) is 11.6. The van der Waals surface area contributed by atoms with Crippen molar-refractivity contribution in [1.29, 1.82) is 0 Å². The van der Waals surface area contributed by atoms with E-state index in [4.69, 9.17) is 14.2 Å². The van der Waals surface area contributed by atoms with Crippen LogP contribution in [0.2, 0.25) is 0 Å². The molecule has 0 aliphatic heterocycles. The van der Waals surface area contributed by atoms with Crippen LogP contribution in [-0.4, -0.2) is 41.4 Å². The van der Waals surface area contributed by atoms with Crippen LogP contribution in [0.4, 0.5) is 5.69 Å². The number of hydrogen-bond acceptors (Lipinski definition) is 7. The van der Waals surface area contributed by atoms with Crippen molar-refractivity contribution in [3.8, 4) is 17.2 Å². The van der Waals surface area contributed by atoms with Crippen molar-refractivity contribution in [2.45, 2.75) is 26.2 Å². The van der Waals surface area contributed by atoms with Crippen molar-refractivity contribution in [2.24, 2.45) is 5.92 Å². The van der Waals surface area contributed by atoms with Gasteiger partial charge in [-0.15, -0.1) is 0 Å². The second kappa shape index (κ2) is 11.1. The monoisotopic (exact) mass is 449 g/mol. The van der Waals surface area contributed by atoms with E-state index in [0.717, 1.165) is 17.6 Å². The minimum Gasteiger partial charge on any atom is -0.496 e. The number of hydrogen-bond donors (Lipinski definition) is 2. The minimum atomic E-state index is -3.58. The van der Waals surface area contributed by atoms with E-state index in [0.29, 0.717) is 39.9 Å². The van der Waals surface area contributed by atoms with Crippen LogP contribution in [0.25, 0.3) is 6.08 Å². The van der Waals surface area contributed by atoms with Gasteiger partial charge in [-0.1, -0.05) is 19.9 Å². The molecule has 0 aliphatic rings. The van der Waals surface area contributed by atoms with Gasteiger partial charge < -0.3 is 24.6 Å². The standard InChI is InChI=1S/C23H31NO6S/c1-16(2)13-24-20-10-17(6-7-21(20)28-3)15-31(26,27)9-8-19-22(29-4)11-18(14-25)12-23(19)30-5/h6-12,16,24-25H,13-15H2,1-5H3/b9-8+. The molecule has 0 heterocycles. The molecule has 0 saturated heterocycles. The Morgan fingerprint density at radius 3 is 2.10 bits per heavy atom. The van der Waals surface area contributed by atoms with E-state index in [1.165, 1.54) is 20.3 Å². The maximum absolute atomic E-state index is 12.8. The van der Waals surface area contributed by atoms with Gasteiger partial charge >= 0.3 is 0 Å². The zero-order chi connectivity index (χ0) is 23.0. The number of nitrogens with one attached hydrogen (secondary N) is 1. The average molecular weight is 450 g/mol. The predicted octanol–water partition coefficient (Wildman–Crippen LogP) is 3.86. The van der Waals surface area contributed by atoms with Crippen molar-refractivity contribution in [1.82, 2.24) is 0 Å². The van der Waals surface area contributed by atoms with Gasteiger partial charge in [0, 0.05) is 12.0 Å². The van der Waals surface area contributed by atoms with Gasteiger partial charge in [-0.3, -0.25) is 0 Å². The highest BCUT2D eigenvalue weighted by molar-refractivity contribution is 7.93. The molecule has 2 aromatic carbocycles. The molecule has 2 N–H and O–H groups in total. The van der Waals surface area contributed by atoms with Crippen molar-refractivity contribution >= 4 is 21.6 Å². The fourth-order valence-electron chi connectivity index (χ4n) is 3.00. The van der Waals surface area contributed by atoms with Crippen LogP contribution in [0, 0.1) is 5.92 Å². The zero-order valence-corrected chi connectivity index (χ0v) is 19.5. The molecule has 170 valence electrons. The second-order valence-electron chi connectivity index (χ2n) is 7.49. The molecular formula is C23H31NO6S.